The summed E-state index contributed by atoms with van der Waals surface area (Å²) in [5.41, 5.74) is 4.33. The maximum atomic E-state index is 13.5. The van der Waals surface area contributed by atoms with Gasteiger partial charge in [-0.2, -0.15) is 0 Å². The van der Waals surface area contributed by atoms with Crippen LogP contribution in [0.4, 0.5) is 11.6 Å². The zero-order valence-corrected chi connectivity index (χ0v) is 22.2. The monoisotopic (exact) mass is 531 g/mol. The first-order valence-corrected chi connectivity index (χ1v) is 13.3. The summed E-state index contributed by atoms with van der Waals surface area (Å²) in [4.78, 5) is 41.0. The van der Waals surface area contributed by atoms with Gasteiger partial charge >= 0.3 is 0 Å². The SMILES string of the molecule is Cc1ccc(CN2C(=O)/C(=C\c3ccc(C(=O)N4CCN(c5ncccn5)CC4)cc3)Oc3ccccc32)cc1. The molecule has 3 heterocycles. The highest BCUT2D eigenvalue weighted by atomic mass is 16.5. The molecule has 3 aromatic carbocycles. The maximum absolute atomic E-state index is 13.5. The zero-order valence-electron chi connectivity index (χ0n) is 22.2. The number of carbonyl (C=O) groups excluding carboxylic acids is 2. The van der Waals surface area contributed by atoms with Crippen LogP contribution in [0.25, 0.3) is 6.08 Å². The summed E-state index contributed by atoms with van der Waals surface area (Å²) >= 11 is 0. The van der Waals surface area contributed by atoms with Crippen molar-refractivity contribution in [2.75, 3.05) is 36.0 Å². The van der Waals surface area contributed by atoms with Gasteiger partial charge in [0.1, 0.15) is 0 Å². The Morgan fingerprint density at radius 3 is 2.30 bits per heavy atom. The molecule has 0 spiro atoms. The Morgan fingerprint density at radius 1 is 0.875 bits per heavy atom. The average molecular weight is 532 g/mol. The second-order valence-corrected chi connectivity index (χ2v) is 9.91. The lowest BCUT2D eigenvalue weighted by molar-refractivity contribution is -0.117. The summed E-state index contributed by atoms with van der Waals surface area (Å²) in [7, 11) is 0. The Morgan fingerprint density at radius 2 is 1.57 bits per heavy atom. The van der Waals surface area contributed by atoms with Crippen LogP contribution < -0.4 is 14.5 Å². The number of benzene rings is 3. The number of amides is 2. The number of fused-ring (bicyclic) bond motifs is 1. The number of hydrogen-bond donors (Lipinski definition) is 0. The predicted octanol–water partition coefficient (Wildman–Crippen LogP) is 4.71. The molecule has 0 bridgehead atoms. The lowest BCUT2D eigenvalue weighted by atomic mass is 10.1. The van der Waals surface area contributed by atoms with E-state index in [4.69, 9.17) is 4.74 Å². The van der Waals surface area contributed by atoms with Crippen LogP contribution in [-0.2, 0) is 11.3 Å². The van der Waals surface area contributed by atoms with Gasteiger partial charge in [-0.3, -0.25) is 14.5 Å². The van der Waals surface area contributed by atoms with E-state index in [9.17, 15) is 9.59 Å². The third-order valence-corrected chi connectivity index (χ3v) is 7.15. The molecular weight excluding hydrogens is 502 g/mol. The minimum Gasteiger partial charge on any atom is -0.449 e. The fourth-order valence-electron chi connectivity index (χ4n) is 4.92. The first-order chi connectivity index (χ1) is 19.5. The van der Waals surface area contributed by atoms with Crippen molar-refractivity contribution in [3.63, 3.8) is 0 Å². The minimum atomic E-state index is -0.209. The van der Waals surface area contributed by atoms with E-state index in [1.165, 1.54) is 5.56 Å². The molecule has 0 atom stereocenters. The number of anilines is 2. The molecular formula is C32H29N5O3. The predicted molar refractivity (Wildman–Crippen MR) is 154 cm³/mol. The van der Waals surface area contributed by atoms with Gasteiger partial charge in [-0.15, -0.1) is 0 Å². The number of hydrogen-bond acceptors (Lipinski definition) is 6. The number of para-hydroxylation sites is 2. The topological polar surface area (TPSA) is 78.9 Å². The Hall–Kier alpha value is -4.98. The van der Waals surface area contributed by atoms with Crippen LogP contribution in [0.5, 0.6) is 5.75 Å². The molecule has 0 aliphatic carbocycles. The van der Waals surface area contributed by atoms with Gasteiger partial charge in [0.2, 0.25) is 5.95 Å². The molecule has 40 heavy (non-hydrogen) atoms. The molecule has 0 unspecified atom stereocenters. The number of rotatable bonds is 5. The molecule has 4 aromatic rings. The summed E-state index contributed by atoms with van der Waals surface area (Å²) < 4.78 is 6.03. The van der Waals surface area contributed by atoms with Crippen molar-refractivity contribution < 1.29 is 14.3 Å². The fourth-order valence-corrected chi connectivity index (χ4v) is 4.92. The summed E-state index contributed by atoms with van der Waals surface area (Å²) in [5, 5.41) is 0. The largest absolute Gasteiger partial charge is 0.449 e. The Labute approximate surface area is 233 Å². The van der Waals surface area contributed by atoms with Crippen LogP contribution >= 0.6 is 0 Å². The van der Waals surface area contributed by atoms with Crippen LogP contribution in [-0.4, -0.2) is 52.9 Å². The quantitative estimate of drug-likeness (QED) is 0.347. The van der Waals surface area contributed by atoms with Crippen LogP contribution in [0.1, 0.15) is 27.0 Å². The van der Waals surface area contributed by atoms with Crippen LogP contribution in [0.2, 0.25) is 0 Å². The lowest BCUT2D eigenvalue weighted by Gasteiger charge is -2.34. The van der Waals surface area contributed by atoms with Crippen molar-refractivity contribution in [2.24, 2.45) is 0 Å². The Bertz CT molecular complexity index is 1540. The third-order valence-electron chi connectivity index (χ3n) is 7.15. The van der Waals surface area contributed by atoms with Gasteiger partial charge in [0.25, 0.3) is 11.8 Å². The second-order valence-electron chi connectivity index (χ2n) is 9.91. The van der Waals surface area contributed by atoms with E-state index in [0.717, 1.165) is 16.8 Å². The summed E-state index contributed by atoms with van der Waals surface area (Å²) in [6, 6.07) is 24.8. The number of aryl methyl sites for hydroxylation is 1. The first kappa shape index (κ1) is 25.3. The van der Waals surface area contributed by atoms with E-state index >= 15 is 0 Å². The van der Waals surface area contributed by atoms with Crippen molar-refractivity contribution in [1.29, 1.82) is 0 Å². The smallest absolute Gasteiger partial charge is 0.294 e. The van der Waals surface area contributed by atoms with Gasteiger partial charge in [-0.25, -0.2) is 9.97 Å². The highest BCUT2D eigenvalue weighted by Crippen LogP contribution is 2.36. The van der Waals surface area contributed by atoms with E-state index in [0.29, 0.717) is 50.0 Å². The van der Waals surface area contributed by atoms with Gasteiger partial charge in [0.05, 0.1) is 12.2 Å². The van der Waals surface area contributed by atoms with E-state index in [-0.39, 0.29) is 17.6 Å². The van der Waals surface area contributed by atoms with Crippen molar-refractivity contribution in [3.05, 3.63) is 119 Å². The molecule has 200 valence electrons. The standard InChI is InChI=1S/C32H29N5O3/c1-23-7-9-25(10-8-23)22-37-27-5-2-3-6-28(27)40-29(31(37)39)21-24-11-13-26(14-12-24)30(38)35-17-19-36(20-18-35)32-33-15-4-16-34-32/h2-16,21H,17-20,22H2,1H3/b29-21+. The number of piperazine rings is 1. The fraction of sp³-hybridized carbons (Fsp3) is 0.188. The molecule has 0 N–H and O–H groups in total. The molecule has 1 saturated heterocycles. The van der Waals surface area contributed by atoms with Crippen molar-refractivity contribution >= 4 is 29.5 Å². The molecule has 1 aromatic heterocycles. The van der Waals surface area contributed by atoms with Crippen molar-refractivity contribution in [1.82, 2.24) is 14.9 Å². The van der Waals surface area contributed by atoms with E-state index in [1.807, 2.05) is 72.5 Å². The third kappa shape index (κ3) is 5.29. The van der Waals surface area contributed by atoms with E-state index < -0.39 is 0 Å². The van der Waals surface area contributed by atoms with E-state index in [1.54, 1.807) is 41.6 Å². The molecule has 2 aliphatic rings. The molecule has 6 rings (SSSR count). The summed E-state index contributed by atoms with van der Waals surface area (Å²) in [6.45, 7) is 5.04. The number of carbonyl (C=O) groups is 2. The Kier molecular flexibility index (Phi) is 6.97. The van der Waals surface area contributed by atoms with Crippen molar-refractivity contribution in [2.45, 2.75) is 13.5 Å². The number of ether oxygens (including phenoxy) is 1. The second kappa shape index (κ2) is 11.0. The molecule has 0 radical (unpaired) electrons. The zero-order chi connectivity index (χ0) is 27.5. The highest BCUT2D eigenvalue weighted by molar-refractivity contribution is 6.09. The first-order valence-electron chi connectivity index (χ1n) is 13.3. The van der Waals surface area contributed by atoms with Crippen molar-refractivity contribution in [3.8, 4) is 5.75 Å². The van der Waals surface area contributed by atoms with Gasteiger partial charge in [-0.1, -0.05) is 54.1 Å². The molecule has 8 nitrogen and oxygen atoms in total. The maximum Gasteiger partial charge on any atom is 0.294 e. The van der Waals surface area contributed by atoms with Gasteiger partial charge in [-0.05, 0) is 54.5 Å². The van der Waals surface area contributed by atoms with Gasteiger partial charge in [0.15, 0.2) is 11.5 Å². The number of nitrogens with zero attached hydrogens (tertiary/aromatic N) is 5. The lowest BCUT2D eigenvalue weighted by Crippen LogP contribution is -2.49. The van der Waals surface area contributed by atoms with E-state index in [2.05, 4.69) is 14.9 Å². The van der Waals surface area contributed by atoms with Gasteiger partial charge < -0.3 is 14.5 Å². The van der Waals surface area contributed by atoms with Gasteiger partial charge in [0, 0.05) is 44.1 Å². The van der Waals surface area contributed by atoms with Crippen LogP contribution in [0, 0.1) is 6.92 Å². The van der Waals surface area contributed by atoms with Crippen LogP contribution in [0.15, 0.2) is 97.0 Å². The Balaban J connectivity index is 1.16. The molecule has 2 amide bonds. The molecule has 8 heteroatoms. The van der Waals surface area contributed by atoms with Crippen LogP contribution in [0.3, 0.4) is 0 Å². The highest BCUT2D eigenvalue weighted by Gasteiger charge is 2.30. The molecule has 1 fully saturated rings. The molecule has 0 saturated carbocycles. The summed E-state index contributed by atoms with van der Waals surface area (Å²) in [5.74, 6) is 1.33. The average Bonchev–Trinajstić information content (AvgIpc) is 3.01. The molecule has 2 aliphatic heterocycles. The normalized spacial score (nSPS) is 16.1. The minimum absolute atomic E-state index is 0.0176. The number of aromatic nitrogens is 2. The summed E-state index contributed by atoms with van der Waals surface area (Å²) in [6.07, 6.45) is 5.18.